The van der Waals surface area contributed by atoms with Crippen LogP contribution >= 0.6 is 0 Å². The maximum Gasteiger partial charge on any atom is 0.311 e. The number of benzene rings is 3. The van der Waals surface area contributed by atoms with Crippen molar-refractivity contribution in [2.24, 2.45) is 0 Å². The maximum atomic E-state index is 13.0. The number of esters is 2. The van der Waals surface area contributed by atoms with E-state index in [1.807, 2.05) is 50.2 Å². The van der Waals surface area contributed by atoms with Crippen molar-refractivity contribution in [1.82, 2.24) is 0 Å². The third-order valence-electron chi connectivity index (χ3n) is 7.73. The topological polar surface area (TPSA) is 52.6 Å². The van der Waals surface area contributed by atoms with Crippen LogP contribution in [-0.2, 0) is 9.59 Å². The molecule has 0 spiro atoms. The van der Waals surface area contributed by atoms with Gasteiger partial charge in [-0.15, -0.1) is 0 Å². The monoisotopic (exact) mass is 546 g/mol. The summed E-state index contributed by atoms with van der Waals surface area (Å²) < 4.78 is 12.2. The summed E-state index contributed by atoms with van der Waals surface area (Å²) in [4.78, 5) is 25.9. The van der Waals surface area contributed by atoms with Gasteiger partial charge in [0.25, 0.3) is 0 Å². The van der Waals surface area contributed by atoms with Crippen molar-refractivity contribution >= 4 is 33.5 Å². The van der Waals surface area contributed by atoms with Crippen LogP contribution in [0.3, 0.4) is 0 Å². The Kier molecular flexibility index (Phi) is 13.5. The molecule has 3 aromatic rings. The number of rotatable bonds is 18. The van der Waals surface area contributed by atoms with E-state index in [2.05, 4.69) is 13.8 Å². The van der Waals surface area contributed by atoms with Gasteiger partial charge >= 0.3 is 11.9 Å². The summed E-state index contributed by atoms with van der Waals surface area (Å²) in [5.74, 6) is 0.714. The number of carbonyl (C=O) groups is 2. The summed E-state index contributed by atoms with van der Waals surface area (Å²) >= 11 is 0. The Bertz CT molecular complexity index is 1180. The molecule has 0 amide bonds. The second kappa shape index (κ2) is 17.0. The zero-order valence-electron chi connectivity index (χ0n) is 25.4. The molecule has 0 aliphatic rings. The summed E-state index contributed by atoms with van der Waals surface area (Å²) in [5, 5.41) is 3.22. The second-order valence-electron chi connectivity index (χ2n) is 11.4. The van der Waals surface area contributed by atoms with Crippen LogP contribution in [0.2, 0.25) is 0 Å². The van der Waals surface area contributed by atoms with Crippen molar-refractivity contribution < 1.29 is 19.1 Å². The lowest BCUT2D eigenvalue weighted by Gasteiger charge is -2.17. The third kappa shape index (κ3) is 9.64. The highest BCUT2D eigenvalue weighted by molar-refractivity contribution is 6.13. The van der Waals surface area contributed by atoms with Gasteiger partial charge in [0.1, 0.15) is 11.5 Å². The van der Waals surface area contributed by atoms with E-state index < -0.39 is 0 Å². The molecule has 3 aromatic carbocycles. The van der Waals surface area contributed by atoms with Gasteiger partial charge in [-0.1, -0.05) is 126 Å². The van der Waals surface area contributed by atoms with Crippen molar-refractivity contribution in [3.8, 4) is 11.5 Å². The molecule has 40 heavy (non-hydrogen) atoms. The minimum atomic E-state index is -0.207. The van der Waals surface area contributed by atoms with Crippen molar-refractivity contribution in [2.75, 3.05) is 0 Å². The van der Waals surface area contributed by atoms with Gasteiger partial charge in [-0.05, 0) is 38.8 Å². The van der Waals surface area contributed by atoms with Gasteiger partial charge in [0.15, 0.2) is 0 Å². The number of hydrogen-bond donors (Lipinski definition) is 0. The quantitative estimate of drug-likeness (QED) is 0.0689. The molecule has 0 aliphatic carbocycles. The van der Waals surface area contributed by atoms with E-state index in [4.69, 9.17) is 9.47 Å². The molecule has 3 rings (SSSR count). The molecule has 0 aromatic heterocycles. The smallest absolute Gasteiger partial charge is 0.311 e. The Morgan fingerprint density at radius 2 is 0.850 bits per heavy atom. The van der Waals surface area contributed by atoms with E-state index in [-0.39, 0.29) is 11.9 Å². The summed E-state index contributed by atoms with van der Waals surface area (Å²) in [7, 11) is 0. The summed E-state index contributed by atoms with van der Waals surface area (Å²) in [5.41, 5.74) is 2.12. The van der Waals surface area contributed by atoms with Crippen molar-refractivity contribution in [3.63, 3.8) is 0 Å². The van der Waals surface area contributed by atoms with Gasteiger partial charge < -0.3 is 9.47 Å². The number of aryl methyl sites for hydroxylation is 2. The number of carbonyl (C=O) groups excluding carboxylic acids is 2. The Morgan fingerprint density at radius 1 is 0.500 bits per heavy atom. The molecule has 0 aliphatic heterocycles. The predicted molar refractivity (Wildman–Crippen MR) is 167 cm³/mol. The standard InChI is InChI=1S/C36H50O4/c1-5-7-9-11-13-15-17-19-33(37)39-35-29-23-21-27(3)25-31(29)36(32-26-28(4)22-24-30(32)35)40-34(38)20-18-16-14-12-10-8-6-2/h21-26H,5-20H2,1-4H3. The average molecular weight is 547 g/mol. The zero-order chi connectivity index (χ0) is 28.7. The molecule has 0 radical (unpaired) electrons. The highest BCUT2D eigenvalue weighted by Crippen LogP contribution is 2.44. The summed E-state index contributed by atoms with van der Waals surface area (Å²) in [6.07, 6.45) is 17.0. The van der Waals surface area contributed by atoms with Crippen LogP contribution in [0.4, 0.5) is 0 Å². The van der Waals surface area contributed by atoms with Crippen molar-refractivity contribution in [1.29, 1.82) is 0 Å². The van der Waals surface area contributed by atoms with Crippen LogP contribution in [0.25, 0.3) is 21.5 Å². The minimum absolute atomic E-state index is 0.206. The maximum absolute atomic E-state index is 13.0. The van der Waals surface area contributed by atoms with E-state index in [1.165, 1.54) is 51.4 Å². The van der Waals surface area contributed by atoms with E-state index in [1.54, 1.807) is 0 Å². The van der Waals surface area contributed by atoms with Gasteiger partial charge in [0.2, 0.25) is 0 Å². The molecular formula is C36H50O4. The lowest BCUT2D eigenvalue weighted by atomic mass is 9.97. The Balaban J connectivity index is 1.78. The van der Waals surface area contributed by atoms with Gasteiger partial charge in [0, 0.05) is 34.4 Å². The molecule has 0 saturated heterocycles. The van der Waals surface area contributed by atoms with Gasteiger partial charge in [-0.3, -0.25) is 9.59 Å². The van der Waals surface area contributed by atoms with Crippen LogP contribution in [0, 0.1) is 13.8 Å². The third-order valence-corrected chi connectivity index (χ3v) is 7.73. The Morgan fingerprint density at radius 3 is 1.25 bits per heavy atom. The highest BCUT2D eigenvalue weighted by Gasteiger charge is 2.20. The molecule has 0 fully saturated rings. The second-order valence-corrected chi connectivity index (χ2v) is 11.4. The molecule has 218 valence electrons. The first-order valence-corrected chi connectivity index (χ1v) is 15.8. The number of fused-ring (bicyclic) bond motifs is 2. The van der Waals surface area contributed by atoms with E-state index in [0.717, 1.165) is 71.2 Å². The predicted octanol–water partition coefficient (Wildman–Crippen LogP) is 10.7. The lowest BCUT2D eigenvalue weighted by Crippen LogP contribution is -2.11. The number of unbranched alkanes of at least 4 members (excludes halogenated alkanes) is 12. The van der Waals surface area contributed by atoms with E-state index in [0.29, 0.717) is 24.3 Å². The zero-order valence-corrected chi connectivity index (χ0v) is 25.4. The fourth-order valence-electron chi connectivity index (χ4n) is 5.38. The largest absolute Gasteiger partial charge is 0.425 e. The van der Waals surface area contributed by atoms with Gasteiger partial charge in [0.05, 0.1) is 0 Å². The molecular weight excluding hydrogens is 496 g/mol. The minimum Gasteiger partial charge on any atom is -0.425 e. The normalized spacial score (nSPS) is 11.3. The average Bonchev–Trinajstić information content (AvgIpc) is 2.93. The molecule has 0 N–H and O–H groups in total. The van der Waals surface area contributed by atoms with Crippen LogP contribution in [0.1, 0.15) is 128 Å². The van der Waals surface area contributed by atoms with Gasteiger partial charge in [-0.2, -0.15) is 0 Å². The van der Waals surface area contributed by atoms with E-state index in [9.17, 15) is 9.59 Å². The van der Waals surface area contributed by atoms with Crippen LogP contribution < -0.4 is 9.47 Å². The first-order valence-electron chi connectivity index (χ1n) is 15.8. The molecule has 0 heterocycles. The van der Waals surface area contributed by atoms with Crippen LogP contribution in [0.15, 0.2) is 36.4 Å². The van der Waals surface area contributed by atoms with E-state index >= 15 is 0 Å². The molecule has 0 bridgehead atoms. The molecule has 4 heteroatoms. The summed E-state index contributed by atoms with van der Waals surface area (Å²) in [6.45, 7) is 8.49. The van der Waals surface area contributed by atoms with Crippen LogP contribution in [-0.4, -0.2) is 11.9 Å². The Labute approximate surface area is 241 Å². The van der Waals surface area contributed by atoms with Crippen LogP contribution in [0.5, 0.6) is 11.5 Å². The van der Waals surface area contributed by atoms with Crippen molar-refractivity contribution in [3.05, 3.63) is 47.5 Å². The first kappa shape index (κ1) is 31.6. The molecule has 0 unspecified atom stereocenters. The molecule has 4 nitrogen and oxygen atoms in total. The van der Waals surface area contributed by atoms with Crippen molar-refractivity contribution in [2.45, 2.75) is 130 Å². The summed E-state index contributed by atoms with van der Waals surface area (Å²) in [6, 6.07) is 12.0. The first-order chi connectivity index (χ1) is 19.4. The SMILES string of the molecule is CCCCCCCCCC(=O)Oc1c2ccc(C)cc2c(OC(=O)CCCCCCCCC)c2cc(C)ccc12. The highest BCUT2D eigenvalue weighted by atomic mass is 16.5. The fraction of sp³-hybridized carbons (Fsp3) is 0.556. The number of ether oxygens (including phenoxy) is 2. The molecule has 0 saturated carbocycles. The molecule has 0 atom stereocenters. The Hall–Kier alpha value is -2.88. The number of hydrogen-bond acceptors (Lipinski definition) is 4. The lowest BCUT2D eigenvalue weighted by molar-refractivity contribution is -0.135. The van der Waals surface area contributed by atoms with Gasteiger partial charge in [-0.25, -0.2) is 0 Å². The fourth-order valence-corrected chi connectivity index (χ4v) is 5.38.